The van der Waals surface area contributed by atoms with Crippen LogP contribution in [0.1, 0.15) is 36.2 Å². The normalized spacial score (nSPS) is 10.8. The summed E-state index contributed by atoms with van der Waals surface area (Å²) in [7, 11) is 0. The summed E-state index contributed by atoms with van der Waals surface area (Å²) in [6.07, 6.45) is 0.941. The van der Waals surface area contributed by atoms with Crippen molar-refractivity contribution in [3.8, 4) is 0 Å². The number of nitrogens with zero attached hydrogens (tertiary/aromatic N) is 1. The van der Waals surface area contributed by atoms with E-state index in [9.17, 15) is 4.79 Å². The number of benzene rings is 2. The lowest BCUT2D eigenvalue weighted by Gasteiger charge is -2.18. The molecule has 0 saturated carbocycles. The molecule has 2 rings (SSSR count). The number of halogens is 1. The van der Waals surface area contributed by atoms with Gasteiger partial charge in [-0.05, 0) is 62.8 Å². The zero-order chi connectivity index (χ0) is 18.9. The second-order valence-corrected chi connectivity index (χ2v) is 6.63. The molecule has 0 heterocycles. The second-order valence-electron chi connectivity index (χ2n) is 6.22. The van der Waals surface area contributed by atoms with Crippen LogP contribution >= 0.6 is 11.6 Å². The van der Waals surface area contributed by atoms with Crippen LogP contribution < -0.4 is 10.6 Å². The number of hydrogen-bond donors (Lipinski definition) is 2. The van der Waals surface area contributed by atoms with Crippen LogP contribution in [0.25, 0.3) is 0 Å². The van der Waals surface area contributed by atoms with Gasteiger partial charge in [0.2, 0.25) is 0 Å². The Kier molecular flexibility index (Phi) is 7.95. The lowest BCUT2D eigenvalue weighted by molar-refractivity contribution is 0.0952. The van der Waals surface area contributed by atoms with E-state index in [4.69, 9.17) is 11.6 Å². The lowest BCUT2D eigenvalue weighted by atomic mass is 10.1. The zero-order valence-electron chi connectivity index (χ0n) is 15.8. The van der Waals surface area contributed by atoms with E-state index in [2.05, 4.69) is 29.4 Å². The first-order valence-electron chi connectivity index (χ1n) is 9.18. The Bertz CT molecular complexity index is 729. The van der Waals surface area contributed by atoms with Crippen molar-refractivity contribution in [1.82, 2.24) is 10.2 Å². The molecule has 0 bridgehead atoms. The molecule has 0 aliphatic heterocycles. The Balaban J connectivity index is 2.01. The van der Waals surface area contributed by atoms with Gasteiger partial charge < -0.3 is 15.5 Å². The fourth-order valence-electron chi connectivity index (χ4n) is 2.82. The fraction of sp³-hybridized carbons (Fsp3) is 0.381. The van der Waals surface area contributed by atoms with Crippen LogP contribution in [0.4, 0.5) is 11.4 Å². The third-order valence-corrected chi connectivity index (χ3v) is 4.95. The van der Waals surface area contributed by atoms with Gasteiger partial charge in [-0.25, -0.2) is 0 Å². The van der Waals surface area contributed by atoms with Gasteiger partial charge in [-0.1, -0.05) is 43.6 Å². The third-order valence-electron chi connectivity index (χ3n) is 4.54. The van der Waals surface area contributed by atoms with Crippen molar-refractivity contribution in [2.45, 2.75) is 27.2 Å². The Labute approximate surface area is 161 Å². The molecule has 0 atom stereocenters. The van der Waals surface area contributed by atoms with E-state index in [-0.39, 0.29) is 5.91 Å². The molecule has 2 aromatic carbocycles. The van der Waals surface area contributed by atoms with E-state index in [0.29, 0.717) is 17.1 Å². The van der Waals surface area contributed by atoms with Crippen molar-refractivity contribution in [2.24, 2.45) is 0 Å². The Morgan fingerprint density at radius 1 is 1.04 bits per heavy atom. The van der Waals surface area contributed by atoms with Gasteiger partial charge in [-0.15, -0.1) is 0 Å². The number of para-hydroxylation sites is 1. The first kappa shape index (κ1) is 20.3. The highest BCUT2D eigenvalue weighted by molar-refractivity contribution is 6.31. The number of amides is 1. The maximum absolute atomic E-state index is 12.6. The molecule has 0 unspecified atom stereocenters. The molecule has 0 aliphatic carbocycles. The molecule has 0 spiro atoms. The Hall–Kier alpha value is -2.04. The van der Waals surface area contributed by atoms with E-state index >= 15 is 0 Å². The van der Waals surface area contributed by atoms with Crippen LogP contribution in [0, 0.1) is 6.92 Å². The van der Waals surface area contributed by atoms with Gasteiger partial charge in [0, 0.05) is 17.3 Å². The number of hydrogen-bond acceptors (Lipinski definition) is 3. The Morgan fingerprint density at radius 3 is 2.46 bits per heavy atom. The molecule has 26 heavy (non-hydrogen) atoms. The maximum atomic E-state index is 12.6. The second kappa shape index (κ2) is 10.2. The summed E-state index contributed by atoms with van der Waals surface area (Å²) in [5, 5.41) is 7.06. The van der Waals surface area contributed by atoms with Crippen LogP contribution in [-0.2, 0) is 0 Å². The van der Waals surface area contributed by atoms with Gasteiger partial charge in [-0.3, -0.25) is 4.79 Å². The molecule has 0 saturated heterocycles. The summed E-state index contributed by atoms with van der Waals surface area (Å²) < 4.78 is 0. The summed E-state index contributed by atoms with van der Waals surface area (Å²) in [6.45, 7) is 10.0. The summed E-state index contributed by atoms with van der Waals surface area (Å²) >= 11 is 6.19. The number of rotatable bonds is 9. The topological polar surface area (TPSA) is 44.4 Å². The van der Waals surface area contributed by atoms with Gasteiger partial charge >= 0.3 is 0 Å². The van der Waals surface area contributed by atoms with Crippen molar-refractivity contribution in [2.75, 3.05) is 31.5 Å². The third kappa shape index (κ3) is 5.48. The minimum absolute atomic E-state index is 0.0627. The van der Waals surface area contributed by atoms with E-state index < -0.39 is 0 Å². The van der Waals surface area contributed by atoms with Crippen LogP contribution in [0.5, 0.6) is 0 Å². The monoisotopic (exact) mass is 373 g/mol. The summed E-state index contributed by atoms with van der Waals surface area (Å²) in [5.41, 5.74) is 3.27. The highest BCUT2D eigenvalue weighted by Crippen LogP contribution is 2.27. The molecule has 2 aromatic rings. The average molecular weight is 374 g/mol. The average Bonchev–Trinajstić information content (AvgIpc) is 2.66. The van der Waals surface area contributed by atoms with Crippen molar-refractivity contribution < 1.29 is 4.79 Å². The summed E-state index contributed by atoms with van der Waals surface area (Å²) in [4.78, 5) is 15.0. The van der Waals surface area contributed by atoms with Crippen molar-refractivity contribution in [3.05, 3.63) is 58.6 Å². The van der Waals surface area contributed by atoms with Crippen molar-refractivity contribution in [1.29, 1.82) is 0 Å². The number of carbonyl (C=O) groups excluding carboxylic acids is 1. The van der Waals surface area contributed by atoms with Gasteiger partial charge in [0.25, 0.3) is 5.91 Å². The van der Waals surface area contributed by atoms with Crippen LogP contribution in [0.15, 0.2) is 42.5 Å². The SMILES string of the molecule is CCN(CC)CCCNC(=O)c1ccccc1Nc1cccc(Cl)c1C. The predicted octanol–water partition coefficient (Wildman–Crippen LogP) is 4.85. The highest BCUT2D eigenvalue weighted by atomic mass is 35.5. The van der Waals surface area contributed by atoms with Gasteiger partial charge in [0.1, 0.15) is 0 Å². The van der Waals surface area contributed by atoms with Gasteiger partial charge in [-0.2, -0.15) is 0 Å². The van der Waals surface area contributed by atoms with Gasteiger partial charge in [0.05, 0.1) is 11.3 Å². The number of anilines is 2. The van der Waals surface area contributed by atoms with Crippen LogP contribution in [0.2, 0.25) is 5.02 Å². The first-order valence-corrected chi connectivity index (χ1v) is 9.56. The standard InChI is InChI=1S/C21H28ClN3O/c1-4-25(5-2)15-9-14-23-21(26)17-10-6-7-12-20(17)24-19-13-8-11-18(22)16(19)3/h6-8,10-13,24H,4-5,9,14-15H2,1-3H3,(H,23,26). The molecule has 4 nitrogen and oxygen atoms in total. The zero-order valence-corrected chi connectivity index (χ0v) is 16.6. The van der Waals surface area contributed by atoms with Crippen LogP contribution in [-0.4, -0.2) is 37.0 Å². The molecular weight excluding hydrogens is 346 g/mol. The molecular formula is C21H28ClN3O. The van der Waals surface area contributed by atoms with Crippen LogP contribution in [0.3, 0.4) is 0 Å². The van der Waals surface area contributed by atoms with Gasteiger partial charge in [0.15, 0.2) is 0 Å². The molecule has 5 heteroatoms. The largest absolute Gasteiger partial charge is 0.355 e. The number of nitrogens with one attached hydrogen (secondary N) is 2. The molecule has 140 valence electrons. The summed E-state index contributed by atoms with van der Waals surface area (Å²) in [5.74, 6) is -0.0627. The first-order chi connectivity index (χ1) is 12.6. The highest BCUT2D eigenvalue weighted by Gasteiger charge is 2.12. The quantitative estimate of drug-likeness (QED) is 0.617. The van der Waals surface area contributed by atoms with Crippen molar-refractivity contribution >= 4 is 28.9 Å². The fourth-order valence-corrected chi connectivity index (χ4v) is 2.99. The molecule has 2 N–H and O–H groups in total. The molecule has 0 radical (unpaired) electrons. The number of carbonyl (C=O) groups is 1. The lowest BCUT2D eigenvalue weighted by Crippen LogP contribution is -2.30. The van der Waals surface area contributed by atoms with E-state index in [1.165, 1.54) is 0 Å². The van der Waals surface area contributed by atoms with E-state index in [1.54, 1.807) is 0 Å². The molecule has 1 amide bonds. The minimum atomic E-state index is -0.0627. The Morgan fingerprint density at radius 2 is 1.73 bits per heavy atom. The minimum Gasteiger partial charge on any atom is -0.355 e. The van der Waals surface area contributed by atoms with E-state index in [0.717, 1.165) is 43.0 Å². The summed E-state index contributed by atoms with van der Waals surface area (Å²) in [6, 6.07) is 13.2. The predicted molar refractivity (Wildman–Crippen MR) is 111 cm³/mol. The molecule has 0 aromatic heterocycles. The van der Waals surface area contributed by atoms with E-state index in [1.807, 2.05) is 49.4 Å². The van der Waals surface area contributed by atoms with Crippen molar-refractivity contribution in [3.63, 3.8) is 0 Å². The maximum Gasteiger partial charge on any atom is 0.253 e. The molecule has 0 fully saturated rings. The molecule has 0 aliphatic rings. The smallest absolute Gasteiger partial charge is 0.253 e.